The van der Waals surface area contributed by atoms with E-state index in [1.807, 2.05) is 12.1 Å². The van der Waals surface area contributed by atoms with E-state index < -0.39 is 5.97 Å². The highest BCUT2D eigenvalue weighted by molar-refractivity contribution is 6.08. The second kappa shape index (κ2) is 9.29. The fraction of sp³-hybridized carbons (Fsp3) is 0.333. The number of anilines is 2. The monoisotopic (exact) mass is 400 g/mol. The van der Waals surface area contributed by atoms with Gasteiger partial charge in [-0.1, -0.05) is 0 Å². The van der Waals surface area contributed by atoms with Gasteiger partial charge in [-0.25, -0.2) is 4.79 Å². The van der Waals surface area contributed by atoms with Gasteiger partial charge >= 0.3 is 5.97 Å². The van der Waals surface area contributed by atoms with Crippen LogP contribution in [0.1, 0.15) is 20.7 Å². The minimum atomic E-state index is -0.594. The Morgan fingerprint density at radius 1 is 0.966 bits per heavy atom. The summed E-state index contributed by atoms with van der Waals surface area (Å²) in [6.07, 6.45) is 0. The van der Waals surface area contributed by atoms with Gasteiger partial charge in [0.15, 0.2) is 11.5 Å². The van der Waals surface area contributed by atoms with Crippen LogP contribution in [0, 0.1) is 0 Å². The summed E-state index contributed by atoms with van der Waals surface area (Å²) >= 11 is 0. The Balaban J connectivity index is 1.83. The Kier molecular flexibility index (Phi) is 6.56. The molecule has 1 amide bonds. The average Bonchev–Trinajstić information content (AvgIpc) is 2.78. The Morgan fingerprint density at radius 3 is 2.17 bits per heavy atom. The van der Waals surface area contributed by atoms with Crippen molar-refractivity contribution in [1.82, 2.24) is 0 Å². The lowest BCUT2D eigenvalue weighted by molar-refractivity contribution is 0.0601. The fourth-order valence-electron chi connectivity index (χ4n) is 3.10. The number of ether oxygens (including phenoxy) is 4. The van der Waals surface area contributed by atoms with Crippen LogP contribution < -0.4 is 19.7 Å². The molecule has 1 aliphatic heterocycles. The van der Waals surface area contributed by atoms with E-state index in [4.69, 9.17) is 18.9 Å². The molecule has 0 aromatic heterocycles. The van der Waals surface area contributed by atoms with Gasteiger partial charge in [0.25, 0.3) is 5.91 Å². The molecule has 8 heteroatoms. The van der Waals surface area contributed by atoms with Gasteiger partial charge in [0, 0.05) is 36.5 Å². The zero-order valence-corrected chi connectivity index (χ0v) is 16.7. The molecule has 0 saturated carbocycles. The second-order valence-corrected chi connectivity index (χ2v) is 6.34. The highest BCUT2D eigenvalue weighted by Gasteiger charge is 2.20. The van der Waals surface area contributed by atoms with Gasteiger partial charge in [0.1, 0.15) is 0 Å². The number of nitrogens with zero attached hydrogens (tertiary/aromatic N) is 1. The topological polar surface area (TPSA) is 86.3 Å². The van der Waals surface area contributed by atoms with Gasteiger partial charge in [0.2, 0.25) is 0 Å². The highest BCUT2D eigenvalue weighted by Crippen LogP contribution is 2.34. The summed E-state index contributed by atoms with van der Waals surface area (Å²) in [5.74, 6) is -0.196. The van der Waals surface area contributed by atoms with Crippen LogP contribution in [0.2, 0.25) is 0 Å². The zero-order valence-electron chi connectivity index (χ0n) is 16.7. The molecule has 0 unspecified atom stereocenters. The summed E-state index contributed by atoms with van der Waals surface area (Å²) < 4.78 is 20.7. The summed E-state index contributed by atoms with van der Waals surface area (Å²) in [5.41, 5.74) is 1.94. The van der Waals surface area contributed by atoms with Crippen LogP contribution >= 0.6 is 0 Å². The largest absolute Gasteiger partial charge is 0.493 e. The molecule has 2 aromatic carbocycles. The van der Waals surface area contributed by atoms with Gasteiger partial charge in [-0.2, -0.15) is 0 Å². The molecule has 3 rings (SSSR count). The number of carbonyl (C=O) groups is 2. The van der Waals surface area contributed by atoms with Gasteiger partial charge in [-0.15, -0.1) is 0 Å². The number of esters is 1. The number of hydrogen-bond donors (Lipinski definition) is 1. The van der Waals surface area contributed by atoms with Crippen LogP contribution in [0.25, 0.3) is 0 Å². The van der Waals surface area contributed by atoms with E-state index >= 15 is 0 Å². The third kappa shape index (κ3) is 4.60. The van der Waals surface area contributed by atoms with Crippen molar-refractivity contribution in [3.8, 4) is 11.5 Å². The van der Waals surface area contributed by atoms with E-state index in [1.165, 1.54) is 33.5 Å². The lowest BCUT2D eigenvalue weighted by atomic mass is 10.1. The van der Waals surface area contributed by atoms with E-state index in [-0.39, 0.29) is 17.2 Å². The maximum Gasteiger partial charge on any atom is 0.340 e. The predicted octanol–water partition coefficient (Wildman–Crippen LogP) is 2.58. The summed E-state index contributed by atoms with van der Waals surface area (Å²) in [6, 6.07) is 10.3. The number of methoxy groups -OCH3 is 3. The Morgan fingerprint density at radius 2 is 1.59 bits per heavy atom. The molecule has 154 valence electrons. The first-order chi connectivity index (χ1) is 14.1. The molecule has 1 saturated heterocycles. The number of rotatable bonds is 6. The quantitative estimate of drug-likeness (QED) is 0.746. The highest BCUT2D eigenvalue weighted by atomic mass is 16.5. The molecule has 0 radical (unpaired) electrons. The molecule has 1 aliphatic rings. The van der Waals surface area contributed by atoms with Crippen LogP contribution in [-0.2, 0) is 9.47 Å². The SMILES string of the molecule is COC(=O)c1cc(OC)c(OC)cc1NC(=O)c1ccc(N2CCOCC2)cc1. The Hall–Kier alpha value is -3.26. The van der Waals surface area contributed by atoms with Crippen LogP contribution in [0.15, 0.2) is 36.4 Å². The van der Waals surface area contributed by atoms with Crippen LogP contribution in [0.5, 0.6) is 11.5 Å². The molecular formula is C21H24N2O6. The van der Waals surface area contributed by atoms with Gasteiger partial charge in [-0.3, -0.25) is 4.79 Å². The molecule has 1 N–H and O–H groups in total. The van der Waals surface area contributed by atoms with E-state index in [2.05, 4.69) is 10.2 Å². The summed E-state index contributed by atoms with van der Waals surface area (Å²) in [7, 11) is 4.22. The lowest BCUT2D eigenvalue weighted by Gasteiger charge is -2.28. The van der Waals surface area contributed by atoms with E-state index in [9.17, 15) is 9.59 Å². The second-order valence-electron chi connectivity index (χ2n) is 6.34. The van der Waals surface area contributed by atoms with Crippen LogP contribution in [0.3, 0.4) is 0 Å². The fourth-order valence-corrected chi connectivity index (χ4v) is 3.10. The van der Waals surface area contributed by atoms with Crippen molar-refractivity contribution in [3.05, 3.63) is 47.5 Å². The molecule has 1 heterocycles. The maximum absolute atomic E-state index is 12.8. The van der Waals surface area contributed by atoms with Crippen molar-refractivity contribution in [2.45, 2.75) is 0 Å². The van der Waals surface area contributed by atoms with Gasteiger partial charge in [-0.05, 0) is 24.3 Å². The Labute approximate surface area is 169 Å². The molecule has 0 bridgehead atoms. The van der Waals surface area contributed by atoms with Crippen molar-refractivity contribution in [3.63, 3.8) is 0 Å². The van der Waals surface area contributed by atoms with Crippen molar-refractivity contribution >= 4 is 23.3 Å². The van der Waals surface area contributed by atoms with Crippen molar-refractivity contribution < 1.29 is 28.5 Å². The summed E-state index contributed by atoms with van der Waals surface area (Å²) in [4.78, 5) is 27.1. The van der Waals surface area contributed by atoms with Crippen molar-refractivity contribution in [2.24, 2.45) is 0 Å². The predicted molar refractivity (Wildman–Crippen MR) is 108 cm³/mol. The van der Waals surface area contributed by atoms with E-state index in [1.54, 1.807) is 12.1 Å². The van der Waals surface area contributed by atoms with Crippen molar-refractivity contribution in [2.75, 3.05) is 57.8 Å². The number of carbonyl (C=O) groups excluding carboxylic acids is 2. The molecule has 0 spiro atoms. The molecular weight excluding hydrogens is 376 g/mol. The standard InChI is InChI=1S/C21H24N2O6/c1-26-18-12-16(21(25)28-3)17(13-19(18)27-2)22-20(24)14-4-6-15(7-5-14)23-8-10-29-11-9-23/h4-7,12-13H,8-11H2,1-3H3,(H,22,24). The molecule has 29 heavy (non-hydrogen) atoms. The lowest BCUT2D eigenvalue weighted by Crippen LogP contribution is -2.36. The minimum absolute atomic E-state index is 0.170. The van der Waals surface area contributed by atoms with Crippen LogP contribution in [-0.4, -0.2) is 59.5 Å². The van der Waals surface area contributed by atoms with E-state index in [0.717, 1.165) is 18.8 Å². The number of benzene rings is 2. The van der Waals surface area contributed by atoms with Crippen LogP contribution in [0.4, 0.5) is 11.4 Å². The number of nitrogens with one attached hydrogen (secondary N) is 1. The number of amides is 1. The maximum atomic E-state index is 12.8. The minimum Gasteiger partial charge on any atom is -0.493 e. The third-order valence-electron chi connectivity index (χ3n) is 4.68. The molecule has 0 atom stereocenters. The van der Waals surface area contributed by atoms with E-state index in [0.29, 0.717) is 30.3 Å². The average molecular weight is 400 g/mol. The van der Waals surface area contributed by atoms with Gasteiger partial charge in [0.05, 0.1) is 45.8 Å². The molecule has 8 nitrogen and oxygen atoms in total. The molecule has 2 aromatic rings. The molecule has 0 aliphatic carbocycles. The smallest absolute Gasteiger partial charge is 0.340 e. The normalized spacial score (nSPS) is 13.6. The van der Waals surface area contributed by atoms with Gasteiger partial charge < -0.3 is 29.2 Å². The molecule has 1 fully saturated rings. The first-order valence-electron chi connectivity index (χ1n) is 9.15. The third-order valence-corrected chi connectivity index (χ3v) is 4.68. The Bertz CT molecular complexity index is 875. The first kappa shape index (κ1) is 20.5. The summed E-state index contributed by atoms with van der Waals surface area (Å²) in [5, 5.41) is 2.76. The zero-order chi connectivity index (χ0) is 20.8. The van der Waals surface area contributed by atoms with Crippen molar-refractivity contribution in [1.29, 1.82) is 0 Å². The summed E-state index contributed by atoms with van der Waals surface area (Å²) in [6.45, 7) is 3.02. The number of morpholine rings is 1. The number of hydrogen-bond acceptors (Lipinski definition) is 7. The first-order valence-corrected chi connectivity index (χ1v) is 9.15.